The van der Waals surface area contributed by atoms with Crippen molar-refractivity contribution in [3.05, 3.63) is 35.4 Å². The van der Waals surface area contributed by atoms with Crippen molar-refractivity contribution in [1.82, 2.24) is 0 Å². The fourth-order valence-corrected chi connectivity index (χ4v) is 3.07. The van der Waals surface area contributed by atoms with Crippen LogP contribution in [0, 0.1) is 6.92 Å². The van der Waals surface area contributed by atoms with Crippen LogP contribution in [0.2, 0.25) is 0 Å². The molecule has 23 heavy (non-hydrogen) atoms. The Morgan fingerprint density at radius 2 is 1.74 bits per heavy atom. The molecular formula is C14H19N2O6P. The van der Waals surface area contributed by atoms with E-state index in [2.05, 4.69) is 9.99 Å². The van der Waals surface area contributed by atoms with Crippen molar-refractivity contribution in [3.63, 3.8) is 0 Å². The first-order chi connectivity index (χ1) is 10.9. The minimum absolute atomic E-state index is 0.00465. The molecule has 0 bridgehead atoms. The molecule has 0 saturated carbocycles. The summed E-state index contributed by atoms with van der Waals surface area (Å²) in [6, 6.07) is 6.64. The van der Waals surface area contributed by atoms with Gasteiger partial charge in [0.25, 0.3) is 11.4 Å². The van der Waals surface area contributed by atoms with E-state index >= 15 is 0 Å². The first-order valence-corrected chi connectivity index (χ1v) is 8.44. The van der Waals surface area contributed by atoms with E-state index < -0.39 is 24.9 Å². The Balaban J connectivity index is 3.08. The van der Waals surface area contributed by atoms with Crippen molar-refractivity contribution in [2.24, 2.45) is 10.9 Å². The fraction of sp³-hybridized carbons (Fsp3) is 0.357. The smallest absolute Gasteiger partial charge is 0.364 e. The molecule has 1 rings (SSSR count). The molecule has 0 aliphatic carbocycles. The van der Waals surface area contributed by atoms with Gasteiger partial charge < -0.3 is 19.6 Å². The van der Waals surface area contributed by atoms with E-state index in [1.807, 2.05) is 0 Å². The quantitative estimate of drug-likeness (QED) is 0.335. The number of nitrogens with two attached hydrogens (primary N) is 1. The van der Waals surface area contributed by atoms with Gasteiger partial charge in [-0.3, -0.25) is 9.36 Å². The van der Waals surface area contributed by atoms with E-state index in [0.717, 1.165) is 0 Å². The molecule has 0 fully saturated rings. The van der Waals surface area contributed by atoms with E-state index in [4.69, 9.17) is 14.8 Å². The maximum absolute atomic E-state index is 12.5. The molecule has 0 spiro atoms. The van der Waals surface area contributed by atoms with E-state index in [1.165, 1.54) is 6.07 Å². The van der Waals surface area contributed by atoms with Crippen LogP contribution in [0.25, 0.3) is 0 Å². The average molecular weight is 342 g/mol. The number of rotatable bonds is 8. The van der Waals surface area contributed by atoms with Gasteiger partial charge in [-0.15, -0.1) is 0 Å². The Labute approximate surface area is 134 Å². The van der Waals surface area contributed by atoms with Gasteiger partial charge >= 0.3 is 13.6 Å². The summed E-state index contributed by atoms with van der Waals surface area (Å²) in [4.78, 5) is 28.1. The molecule has 8 nitrogen and oxygen atoms in total. The van der Waals surface area contributed by atoms with Crippen LogP contribution in [-0.2, 0) is 23.2 Å². The molecule has 0 atom stereocenters. The summed E-state index contributed by atoms with van der Waals surface area (Å²) in [6.45, 7) is 4.82. The number of oxime groups is 1. The summed E-state index contributed by atoms with van der Waals surface area (Å²) < 4.78 is 22.4. The minimum Gasteiger partial charge on any atom is -0.364 e. The number of aryl methyl sites for hydroxylation is 1. The molecule has 0 heterocycles. The highest BCUT2D eigenvalue weighted by molar-refractivity contribution is 7.75. The number of carbonyl (C=O) groups is 2. The summed E-state index contributed by atoms with van der Waals surface area (Å²) in [5, 5.41) is 3.33. The molecule has 126 valence electrons. The molecule has 1 aromatic carbocycles. The van der Waals surface area contributed by atoms with Gasteiger partial charge in [-0.25, -0.2) is 4.79 Å². The number of primary amides is 1. The first-order valence-electron chi connectivity index (χ1n) is 6.90. The second-order valence-electron chi connectivity index (χ2n) is 4.31. The van der Waals surface area contributed by atoms with Crippen molar-refractivity contribution >= 4 is 24.9 Å². The fourth-order valence-electron chi connectivity index (χ4n) is 1.67. The molecule has 0 aliphatic rings. The normalized spacial score (nSPS) is 12.0. The van der Waals surface area contributed by atoms with Crippen molar-refractivity contribution < 1.29 is 28.0 Å². The zero-order valence-corrected chi connectivity index (χ0v) is 14.0. The Bertz CT molecular complexity index is 648. The first kappa shape index (κ1) is 19.0. The van der Waals surface area contributed by atoms with Gasteiger partial charge in [0.2, 0.25) is 0 Å². The zero-order chi connectivity index (χ0) is 17.5. The summed E-state index contributed by atoms with van der Waals surface area (Å²) in [6.07, 6.45) is 0. The molecule has 9 heteroatoms. The topological polar surface area (TPSA) is 117 Å². The van der Waals surface area contributed by atoms with E-state index in [0.29, 0.717) is 5.56 Å². The van der Waals surface area contributed by atoms with Gasteiger partial charge in [-0.05, 0) is 32.4 Å². The Morgan fingerprint density at radius 3 is 2.22 bits per heavy atom. The molecule has 0 saturated heterocycles. The van der Waals surface area contributed by atoms with Crippen LogP contribution in [-0.4, -0.2) is 30.5 Å². The van der Waals surface area contributed by atoms with Gasteiger partial charge in [0.1, 0.15) is 0 Å². The SMILES string of the molecule is CCOP(=O)(OCC)C(=NOC(=O)c1ccccc1C)C(N)=O. The third-order valence-electron chi connectivity index (χ3n) is 2.66. The maximum atomic E-state index is 12.5. The van der Waals surface area contributed by atoms with Gasteiger partial charge in [-0.1, -0.05) is 23.4 Å². The predicted octanol–water partition coefficient (Wildman–Crippen LogP) is 2.22. The van der Waals surface area contributed by atoms with Crippen molar-refractivity contribution in [2.75, 3.05) is 13.2 Å². The van der Waals surface area contributed by atoms with Crippen LogP contribution in [0.15, 0.2) is 29.4 Å². The summed E-state index contributed by atoms with van der Waals surface area (Å²) in [5.41, 5.74) is 5.29. The molecule has 2 N–H and O–H groups in total. The van der Waals surface area contributed by atoms with E-state index in [1.54, 1.807) is 39.0 Å². The molecule has 0 aliphatic heterocycles. The van der Waals surface area contributed by atoms with Crippen LogP contribution in [0.5, 0.6) is 0 Å². The average Bonchev–Trinajstić information content (AvgIpc) is 2.47. The number of nitrogens with zero attached hydrogens (tertiary/aromatic N) is 1. The highest BCUT2D eigenvalue weighted by atomic mass is 31.2. The van der Waals surface area contributed by atoms with Crippen LogP contribution >= 0.6 is 7.60 Å². The van der Waals surface area contributed by atoms with Crippen LogP contribution in [0.4, 0.5) is 0 Å². The van der Waals surface area contributed by atoms with Gasteiger partial charge in [0.15, 0.2) is 0 Å². The Hall–Kier alpha value is -2.02. The lowest BCUT2D eigenvalue weighted by molar-refractivity contribution is -0.111. The number of benzene rings is 1. The third-order valence-corrected chi connectivity index (χ3v) is 4.67. The predicted molar refractivity (Wildman–Crippen MR) is 84.1 cm³/mol. The molecule has 1 amide bonds. The largest absolute Gasteiger partial charge is 0.388 e. The van der Waals surface area contributed by atoms with E-state index in [9.17, 15) is 14.2 Å². The lowest BCUT2D eigenvalue weighted by Gasteiger charge is -2.16. The summed E-state index contributed by atoms with van der Waals surface area (Å²) in [5.74, 6) is -1.98. The number of amides is 1. The lowest BCUT2D eigenvalue weighted by atomic mass is 10.1. The highest BCUT2D eigenvalue weighted by Crippen LogP contribution is 2.49. The highest BCUT2D eigenvalue weighted by Gasteiger charge is 2.37. The molecular weight excluding hydrogens is 323 g/mol. The standard InChI is InChI=1S/C14H19N2O6P/c1-4-20-23(19,21-5-2)13(12(15)17)16-22-14(18)11-9-7-6-8-10(11)3/h6-9H,4-5H2,1-3H3,(H2,15,17). The van der Waals surface area contributed by atoms with Crippen LogP contribution in [0.1, 0.15) is 29.8 Å². The summed E-state index contributed by atoms with van der Waals surface area (Å²) >= 11 is 0. The number of hydrogen-bond acceptors (Lipinski definition) is 7. The van der Waals surface area contributed by atoms with Crippen LogP contribution < -0.4 is 5.73 Å². The van der Waals surface area contributed by atoms with Gasteiger partial charge in [0, 0.05) is 0 Å². The molecule has 0 aromatic heterocycles. The van der Waals surface area contributed by atoms with Crippen molar-refractivity contribution in [2.45, 2.75) is 20.8 Å². The second kappa shape index (κ2) is 8.57. The Morgan fingerprint density at radius 1 is 1.17 bits per heavy atom. The van der Waals surface area contributed by atoms with Crippen LogP contribution in [0.3, 0.4) is 0 Å². The van der Waals surface area contributed by atoms with Crippen molar-refractivity contribution in [3.8, 4) is 0 Å². The number of carbonyl (C=O) groups excluding carboxylic acids is 2. The van der Waals surface area contributed by atoms with E-state index in [-0.39, 0.29) is 18.8 Å². The minimum atomic E-state index is -4.05. The van der Waals surface area contributed by atoms with Gasteiger partial charge in [-0.2, -0.15) is 0 Å². The van der Waals surface area contributed by atoms with Gasteiger partial charge in [0.05, 0.1) is 18.8 Å². The molecule has 1 aromatic rings. The monoisotopic (exact) mass is 342 g/mol. The van der Waals surface area contributed by atoms with Crippen molar-refractivity contribution in [1.29, 1.82) is 0 Å². The zero-order valence-electron chi connectivity index (χ0n) is 13.1. The third kappa shape index (κ3) is 4.99. The molecule has 0 radical (unpaired) electrons. The maximum Gasteiger partial charge on any atom is 0.388 e. The summed E-state index contributed by atoms with van der Waals surface area (Å²) in [7, 11) is -4.05. The Kier molecular flexibility index (Phi) is 7.09. The molecule has 0 unspecified atom stereocenters. The number of hydrogen-bond donors (Lipinski definition) is 1. The second-order valence-corrected chi connectivity index (χ2v) is 6.24. The lowest BCUT2D eigenvalue weighted by Crippen LogP contribution is -2.26.